The van der Waals surface area contributed by atoms with Gasteiger partial charge < -0.3 is 15.5 Å². The lowest BCUT2D eigenvalue weighted by molar-refractivity contribution is -0.127. The van der Waals surface area contributed by atoms with Crippen LogP contribution in [0.25, 0.3) is 0 Å². The van der Waals surface area contributed by atoms with Crippen molar-refractivity contribution in [3.05, 3.63) is 30.1 Å². The predicted molar refractivity (Wildman–Crippen MR) is 116 cm³/mol. The van der Waals surface area contributed by atoms with Gasteiger partial charge in [-0.15, -0.1) is 0 Å². The summed E-state index contributed by atoms with van der Waals surface area (Å²) in [7, 11) is 0. The van der Waals surface area contributed by atoms with Gasteiger partial charge in [0.1, 0.15) is 0 Å². The molecule has 0 spiro atoms. The third-order valence-electron chi connectivity index (χ3n) is 6.94. The first-order valence-corrected chi connectivity index (χ1v) is 11.7. The molecular formula is C23H35N5O2. The molecule has 30 heavy (non-hydrogen) atoms. The van der Waals surface area contributed by atoms with Crippen molar-refractivity contribution in [3.8, 4) is 0 Å². The second-order valence-corrected chi connectivity index (χ2v) is 9.02. The molecule has 4 rings (SSSR count). The fraction of sp³-hybridized carbons (Fsp3) is 0.696. The molecule has 2 aliphatic heterocycles. The van der Waals surface area contributed by atoms with Crippen molar-refractivity contribution in [1.29, 1.82) is 0 Å². The zero-order valence-corrected chi connectivity index (χ0v) is 17.9. The van der Waals surface area contributed by atoms with E-state index in [1.54, 1.807) is 6.20 Å². The van der Waals surface area contributed by atoms with E-state index >= 15 is 0 Å². The van der Waals surface area contributed by atoms with Gasteiger partial charge in [0, 0.05) is 37.9 Å². The number of carbonyl (C=O) groups is 2. The number of piperidine rings is 2. The van der Waals surface area contributed by atoms with Gasteiger partial charge in [-0.25, -0.2) is 4.79 Å². The molecule has 2 N–H and O–H groups in total. The minimum Gasteiger partial charge on any atom is -0.350 e. The lowest BCUT2D eigenvalue weighted by Crippen LogP contribution is -2.53. The summed E-state index contributed by atoms with van der Waals surface area (Å²) in [5, 5.41) is 6.27. The smallest absolute Gasteiger partial charge is 0.317 e. The fourth-order valence-corrected chi connectivity index (χ4v) is 5.15. The van der Waals surface area contributed by atoms with Crippen molar-refractivity contribution >= 4 is 11.9 Å². The van der Waals surface area contributed by atoms with Gasteiger partial charge in [-0.2, -0.15) is 0 Å². The number of nitrogens with one attached hydrogen (secondary N) is 2. The number of urea groups is 1. The molecule has 3 aliphatic rings. The maximum Gasteiger partial charge on any atom is 0.317 e. The standard InChI is InChI=1S/C23H35N5O2/c29-22(25-16-20-9-3-4-12-24-20)18-6-5-13-28(17-18)21-10-14-27(15-11-21)23(30)26-19-7-1-2-8-19/h3-4,9,12,18-19,21H,1-2,5-8,10-11,13-17H2,(H,25,29)(H,26,30). The van der Waals surface area contributed by atoms with Crippen molar-refractivity contribution in [1.82, 2.24) is 25.4 Å². The van der Waals surface area contributed by atoms with Crippen LogP contribution in [0.4, 0.5) is 4.79 Å². The summed E-state index contributed by atoms with van der Waals surface area (Å²) >= 11 is 0. The van der Waals surface area contributed by atoms with Crippen LogP contribution in [0.1, 0.15) is 57.1 Å². The Hall–Kier alpha value is -2.15. The van der Waals surface area contributed by atoms with Gasteiger partial charge in [0.15, 0.2) is 0 Å². The van der Waals surface area contributed by atoms with Crippen LogP contribution < -0.4 is 10.6 Å². The van der Waals surface area contributed by atoms with Gasteiger partial charge >= 0.3 is 6.03 Å². The van der Waals surface area contributed by atoms with E-state index in [0.29, 0.717) is 18.6 Å². The summed E-state index contributed by atoms with van der Waals surface area (Å²) in [5.74, 6) is 0.185. The second kappa shape index (κ2) is 10.2. The number of nitrogens with zero attached hydrogens (tertiary/aromatic N) is 3. The van der Waals surface area contributed by atoms with Crippen LogP contribution in [0.2, 0.25) is 0 Å². The van der Waals surface area contributed by atoms with Crippen molar-refractivity contribution in [2.45, 2.75) is 70.0 Å². The van der Waals surface area contributed by atoms with E-state index in [4.69, 9.17) is 0 Å². The molecule has 3 amide bonds. The number of hydrogen-bond acceptors (Lipinski definition) is 4. The Morgan fingerprint density at radius 3 is 2.53 bits per heavy atom. The average Bonchev–Trinajstić information content (AvgIpc) is 3.31. The number of likely N-dealkylation sites (tertiary alicyclic amines) is 2. The highest BCUT2D eigenvalue weighted by Crippen LogP contribution is 2.25. The van der Waals surface area contributed by atoms with Crippen LogP contribution in [-0.4, -0.2) is 65.0 Å². The van der Waals surface area contributed by atoms with Crippen LogP contribution >= 0.6 is 0 Å². The molecule has 2 saturated heterocycles. The summed E-state index contributed by atoms with van der Waals surface area (Å²) in [6, 6.07) is 6.73. The lowest BCUT2D eigenvalue weighted by Gasteiger charge is -2.42. The Balaban J connectivity index is 1.21. The molecule has 7 nitrogen and oxygen atoms in total. The average molecular weight is 414 g/mol. The summed E-state index contributed by atoms with van der Waals surface area (Å²) in [6.45, 7) is 4.01. The van der Waals surface area contributed by atoms with Gasteiger partial charge in [-0.3, -0.25) is 14.7 Å². The zero-order valence-electron chi connectivity index (χ0n) is 17.9. The molecule has 1 aromatic rings. The van der Waals surface area contributed by atoms with E-state index in [0.717, 1.165) is 70.4 Å². The van der Waals surface area contributed by atoms with E-state index < -0.39 is 0 Å². The van der Waals surface area contributed by atoms with E-state index in [-0.39, 0.29) is 17.9 Å². The Labute approximate surface area is 179 Å². The summed E-state index contributed by atoms with van der Waals surface area (Å²) in [5.41, 5.74) is 0.891. The molecule has 0 aromatic carbocycles. The molecule has 0 radical (unpaired) electrons. The highest BCUT2D eigenvalue weighted by Gasteiger charge is 2.33. The van der Waals surface area contributed by atoms with Crippen molar-refractivity contribution in [2.24, 2.45) is 5.92 Å². The van der Waals surface area contributed by atoms with Crippen LogP contribution in [0, 0.1) is 5.92 Å². The Kier molecular flexibility index (Phi) is 7.20. The van der Waals surface area contributed by atoms with Gasteiger partial charge in [0.25, 0.3) is 0 Å². The second-order valence-electron chi connectivity index (χ2n) is 9.02. The molecule has 164 valence electrons. The van der Waals surface area contributed by atoms with Crippen LogP contribution in [0.5, 0.6) is 0 Å². The molecule has 1 atom stereocenters. The summed E-state index contributed by atoms with van der Waals surface area (Å²) < 4.78 is 0. The Bertz CT molecular complexity index is 699. The largest absolute Gasteiger partial charge is 0.350 e. The van der Waals surface area contributed by atoms with Crippen LogP contribution in [0.3, 0.4) is 0 Å². The maximum absolute atomic E-state index is 12.7. The van der Waals surface area contributed by atoms with Crippen molar-refractivity contribution < 1.29 is 9.59 Å². The summed E-state index contributed by atoms with van der Waals surface area (Å²) in [4.78, 5) is 33.9. The SMILES string of the molecule is O=C(NCc1ccccn1)C1CCCN(C2CCN(C(=O)NC3CCCC3)CC2)C1. The monoisotopic (exact) mass is 413 g/mol. The first-order chi connectivity index (χ1) is 14.7. The van der Waals surface area contributed by atoms with E-state index in [2.05, 4.69) is 20.5 Å². The number of hydrogen-bond donors (Lipinski definition) is 2. The fourth-order valence-electron chi connectivity index (χ4n) is 5.15. The Morgan fingerprint density at radius 2 is 1.80 bits per heavy atom. The normalized spacial score (nSPS) is 24.0. The van der Waals surface area contributed by atoms with E-state index in [1.807, 2.05) is 23.1 Å². The molecule has 1 aliphatic carbocycles. The van der Waals surface area contributed by atoms with Crippen LogP contribution in [0.15, 0.2) is 24.4 Å². The molecule has 3 fully saturated rings. The number of amides is 3. The third-order valence-corrected chi connectivity index (χ3v) is 6.94. The summed E-state index contributed by atoms with van der Waals surface area (Å²) in [6.07, 6.45) is 10.5. The number of carbonyl (C=O) groups excluding carboxylic acids is 2. The van der Waals surface area contributed by atoms with Crippen LogP contribution in [-0.2, 0) is 11.3 Å². The first kappa shape index (κ1) is 21.1. The molecule has 1 unspecified atom stereocenters. The van der Waals surface area contributed by atoms with Gasteiger partial charge in [0.2, 0.25) is 5.91 Å². The third kappa shape index (κ3) is 5.50. The maximum atomic E-state index is 12.7. The zero-order chi connectivity index (χ0) is 20.8. The molecular weight excluding hydrogens is 378 g/mol. The molecule has 3 heterocycles. The topological polar surface area (TPSA) is 77.6 Å². The van der Waals surface area contributed by atoms with Gasteiger partial charge in [0.05, 0.1) is 18.2 Å². The van der Waals surface area contributed by atoms with Crippen molar-refractivity contribution in [3.63, 3.8) is 0 Å². The highest BCUT2D eigenvalue weighted by molar-refractivity contribution is 5.79. The predicted octanol–water partition coefficient (Wildman–Crippen LogP) is 2.53. The van der Waals surface area contributed by atoms with Gasteiger partial charge in [-0.1, -0.05) is 18.9 Å². The van der Waals surface area contributed by atoms with Gasteiger partial charge in [-0.05, 0) is 57.2 Å². The molecule has 1 saturated carbocycles. The first-order valence-electron chi connectivity index (χ1n) is 11.7. The van der Waals surface area contributed by atoms with Crippen molar-refractivity contribution in [2.75, 3.05) is 26.2 Å². The number of aromatic nitrogens is 1. The van der Waals surface area contributed by atoms with E-state index in [9.17, 15) is 9.59 Å². The van der Waals surface area contributed by atoms with E-state index in [1.165, 1.54) is 12.8 Å². The number of rotatable bonds is 5. The molecule has 0 bridgehead atoms. The highest BCUT2D eigenvalue weighted by atomic mass is 16.2. The molecule has 1 aromatic heterocycles. The Morgan fingerprint density at radius 1 is 1.00 bits per heavy atom. The lowest BCUT2D eigenvalue weighted by atomic mass is 9.93. The number of pyridine rings is 1. The minimum absolute atomic E-state index is 0.0474. The molecule has 7 heteroatoms. The minimum atomic E-state index is 0.0474. The quantitative estimate of drug-likeness (QED) is 0.778.